The Bertz CT molecular complexity index is 1350. The van der Waals surface area contributed by atoms with Gasteiger partial charge in [0.2, 0.25) is 0 Å². The second-order valence-corrected chi connectivity index (χ2v) is 8.48. The number of carbonyl (C=O) groups is 2. The number of benzene rings is 2. The van der Waals surface area contributed by atoms with Gasteiger partial charge < -0.3 is 14.6 Å². The molecule has 0 fully saturated rings. The second kappa shape index (κ2) is 10.7. The topological polar surface area (TPSA) is 110 Å². The summed E-state index contributed by atoms with van der Waals surface area (Å²) in [6, 6.07) is 13.6. The fraction of sp³-hybridized carbons (Fsp3) is 0.259. The van der Waals surface area contributed by atoms with Gasteiger partial charge in [-0.05, 0) is 61.2 Å². The summed E-state index contributed by atoms with van der Waals surface area (Å²) in [6.45, 7) is 0.238. The highest BCUT2D eigenvalue weighted by Gasteiger charge is 2.32. The number of hydrogen-bond donors (Lipinski definition) is 1. The molecule has 0 spiro atoms. The van der Waals surface area contributed by atoms with E-state index in [2.05, 4.69) is 4.98 Å². The zero-order valence-electron chi connectivity index (χ0n) is 19.4. The number of rotatable bonds is 8. The van der Waals surface area contributed by atoms with Crippen LogP contribution < -0.4 is 9.47 Å². The fourth-order valence-electron chi connectivity index (χ4n) is 4.02. The zero-order chi connectivity index (χ0) is 26.6. The van der Waals surface area contributed by atoms with Crippen molar-refractivity contribution in [1.29, 1.82) is 5.26 Å². The van der Waals surface area contributed by atoms with Gasteiger partial charge in [0.05, 0.1) is 18.1 Å². The van der Waals surface area contributed by atoms with Crippen molar-refractivity contribution in [1.82, 2.24) is 4.98 Å². The molecule has 0 saturated heterocycles. The number of fused-ring (bicyclic) bond motifs is 1. The second-order valence-electron chi connectivity index (χ2n) is 8.48. The Kier molecular flexibility index (Phi) is 7.43. The number of halogens is 3. The van der Waals surface area contributed by atoms with Gasteiger partial charge in [0, 0.05) is 29.8 Å². The van der Waals surface area contributed by atoms with E-state index in [1.54, 1.807) is 24.3 Å². The molecule has 0 amide bonds. The van der Waals surface area contributed by atoms with Crippen LogP contribution in [0.25, 0.3) is 0 Å². The van der Waals surface area contributed by atoms with Crippen molar-refractivity contribution in [3.05, 3.63) is 82.7 Å². The lowest BCUT2D eigenvalue weighted by Crippen LogP contribution is -2.21. The number of carboxylic acid groups (broad SMARTS) is 1. The molecule has 1 N–H and O–H groups in total. The Morgan fingerprint density at radius 3 is 2.54 bits per heavy atom. The maximum atomic E-state index is 12.6. The number of alkyl halides is 3. The van der Waals surface area contributed by atoms with E-state index in [1.165, 1.54) is 24.4 Å². The molecule has 37 heavy (non-hydrogen) atoms. The third-order valence-corrected chi connectivity index (χ3v) is 5.96. The summed E-state index contributed by atoms with van der Waals surface area (Å²) in [6.07, 6.45) is -1.95. The van der Waals surface area contributed by atoms with Crippen LogP contribution in [0, 0.1) is 11.3 Å². The van der Waals surface area contributed by atoms with Crippen LogP contribution in [-0.4, -0.2) is 28.4 Å². The maximum absolute atomic E-state index is 12.6. The van der Waals surface area contributed by atoms with E-state index in [0.717, 1.165) is 6.07 Å². The molecular formula is C27H21F3N2O5. The first-order chi connectivity index (χ1) is 17.7. The van der Waals surface area contributed by atoms with E-state index in [9.17, 15) is 33.1 Å². The number of ketones is 1. The molecule has 0 aliphatic carbocycles. The summed E-state index contributed by atoms with van der Waals surface area (Å²) in [5.74, 6) is -0.955. The summed E-state index contributed by atoms with van der Waals surface area (Å²) in [4.78, 5) is 27.5. The van der Waals surface area contributed by atoms with Gasteiger partial charge in [-0.1, -0.05) is 6.07 Å². The van der Waals surface area contributed by atoms with E-state index in [1.807, 2.05) is 6.07 Å². The summed E-state index contributed by atoms with van der Waals surface area (Å²) < 4.78 is 49.2. The molecule has 1 aromatic heterocycles. The standard InChI is InChI=1S/C27H21F3N2O5/c28-27(29,30)25-9-4-16(15-32-25)2-1-3-22(33)17-5-7-19(8-6-17)37-23-13-24-21(12-18(23)14-31)20(26(34)35)10-11-36-24/h4-9,12-13,15,20H,1-3,10-11H2,(H,34,35). The first-order valence-corrected chi connectivity index (χ1v) is 11.4. The Hall–Kier alpha value is -4.39. The van der Waals surface area contributed by atoms with Crippen LogP contribution in [0.15, 0.2) is 54.7 Å². The number of Topliss-reactive ketones (excluding diaryl/α,β-unsaturated/α-hetero) is 1. The van der Waals surface area contributed by atoms with Gasteiger partial charge in [-0.2, -0.15) is 18.4 Å². The molecule has 190 valence electrons. The largest absolute Gasteiger partial charge is 0.493 e. The quantitative estimate of drug-likeness (QED) is 0.375. The van der Waals surface area contributed by atoms with Crippen LogP contribution in [0.5, 0.6) is 17.2 Å². The number of nitrogens with zero attached hydrogens (tertiary/aromatic N) is 2. The first-order valence-electron chi connectivity index (χ1n) is 11.4. The Balaban J connectivity index is 1.37. The lowest BCUT2D eigenvalue weighted by Gasteiger charge is -2.24. The average Bonchev–Trinajstić information content (AvgIpc) is 2.88. The molecule has 3 aromatic rings. The summed E-state index contributed by atoms with van der Waals surface area (Å²) in [7, 11) is 0. The van der Waals surface area contributed by atoms with Gasteiger partial charge >= 0.3 is 12.1 Å². The molecule has 10 heteroatoms. The molecule has 1 atom stereocenters. The van der Waals surface area contributed by atoms with Gasteiger partial charge in [0.1, 0.15) is 29.0 Å². The average molecular weight is 510 g/mol. The molecule has 0 saturated carbocycles. The van der Waals surface area contributed by atoms with Crippen LogP contribution in [0.1, 0.15) is 57.9 Å². The lowest BCUT2D eigenvalue weighted by molar-refractivity contribution is -0.141. The van der Waals surface area contributed by atoms with E-state index in [4.69, 9.17) is 9.47 Å². The van der Waals surface area contributed by atoms with E-state index >= 15 is 0 Å². The number of carbonyl (C=O) groups excluding carboxylic acids is 1. The highest BCUT2D eigenvalue weighted by Crippen LogP contribution is 2.39. The number of carboxylic acids is 1. The summed E-state index contributed by atoms with van der Waals surface area (Å²) in [5, 5.41) is 19.0. The fourth-order valence-corrected chi connectivity index (χ4v) is 4.02. The van der Waals surface area contributed by atoms with Crippen molar-refractivity contribution in [2.45, 2.75) is 37.8 Å². The molecule has 2 heterocycles. The normalized spacial score (nSPS) is 14.7. The van der Waals surface area contributed by atoms with E-state index in [-0.39, 0.29) is 30.1 Å². The minimum atomic E-state index is -4.49. The number of aliphatic carboxylic acids is 1. The Morgan fingerprint density at radius 2 is 1.92 bits per heavy atom. The van der Waals surface area contributed by atoms with Crippen LogP contribution in [0.4, 0.5) is 13.2 Å². The van der Waals surface area contributed by atoms with Gasteiger partial charge in [-0.25, -0.2) is 0 Å². The number of pyridine rings is 1. The molecule has 2 aromatic carbocycles. The number of nitriles is 1. The van der Waals surface area contributed by atoms with Crippen molar-refractivity contribution in [2.75, 3.05) is 6.61 Å². The SMILES string of the molecule is N#Cc1cc2c(cc1Oc1ccc(C(=O)CCCc3ccc(C(F)(F)F)nc3)cc1)OCCC2C(=O)O. The van der Waals surface area contributed by atoms with E-state index < -0.39 is 23.8 Å². The van der Waals surface area contributed by atoms with Crippen LogP contribution in [0.2, 0.25) is 0 Å². The molecule has 7 nitrogen and oxygen atoms in total. The predicted molar refractivity (Wildman–Crippen MR) is 125 cm³/mol. The van der Waals surface area contributed by atoms with Gasteiger partial charge in [-0.3, -0.25) is 14.6 Å². The third kappa shape index (κ3) is 6.06. The minimum absolute atomic E-state index is 0.133. The molecule has 0 radical (unpaired) electrons. The number of aromatic nitrogens is 1. The molecular weight excluding hydrogens is 489 g/mol. The summed E-state index contributed by atoms with van der Waals surface area (Å²) in [5.41, 5.74) is 0.686. The molecule has 0 bridgehead atoms. The highest BCUT2D eigenvalue weighted by molar-refractivity contribution is 5.96. The van der Waals surface area contributed by atoms with Crippen LogP contribution in [-0.2, 0) is 17.4 Å². The monoisotopic (exact) mass is 510 g/mol. The minimum Gasteiger partial charge on any atom is -0.493 e. The molecule has 1 aliphatic heterocycles. The van der Waals surface area contributed by atoms with Crippen molar-refractivity contribution in [2.24, 2.45) is 0 Å². The predicted octanol–water partition coefficient (Wildman–Crippen LogP) is 5.92. The highest BCUT2D eigenvalue weighted by atomic mass is 19.4. The first kappa shape index (κ1) is 25.7. The molecule has 1 unspecified atom stereocenters. The van der Waals surface area contributed by atoms with Crippen molar-refractivity contribution >= 4 is 11.8 Å². The lowest BCUT2D eigenvalue weighted by atomic mass is 9.91. The number of hydrogen-bond acceptors (Lipinski definition) is 6. The molecule has 1 aliphatic rings. The van der Waals surface area contributed by atoms with E-state index in [0.29, 0.717) is 47.5 Å². The van der Waals surface area contributed by atoms with Crippen molar-refractivity contribution in [3.63, 3.8) is 0 Å². The number of aryl methyl sites for hydroxylation is 1. The molecule has 4 rings (SSSR count). The van der Waals surface area contributed by atoms with Gasteiger partial charge in [0.25, 0.3) is 0 Å². The smallest absolute Gasteiger partial charge is 0.433 e. The van der Waals surface area contributed by atoms with Crippen LogP contribution >= 0.6 is 0 Å². The Morgan fingerprint density at radius 1 is 1.16 bits per heavy atom. The zero-order valence-corrected chi connectivity index (χ0v) is 19.4. The van der Waals surface area contributed by atoms with Gasteiger partial charge in [-0.15, -0.1) is 0 Å². The third-order valence-electron chi connectivity index (χ3n) is 5.96. The summed E-state index contributed by atoms with van der Waals surface area (Å²) >= 11 is 0. The number of ether oxygens (including phenoxy) is 2. The van der Waals surface area contributed by atoms with Crippen molar-refractivity contribution in [3.8, 4) is 23.3 Å². The van der Waals surface area contributed by atoms with Gasteiger partial charge in [0.15, 0.2) is 5.78 Å². The Labute approximate surface area is 210 Å². The maximum Gasteiger partial charge on any atom is 0.433 e. The van der Waals surface area contributed by atoms with Crippen LogP contribution in [0.3, 0.4) is 0 Å². The van der Waals surface area contributed by atoms with Crippen molar-refractivity contribution < 1.29 is 37.3 Å².